The van der Waals surface area contributed by atoms with Crippen LogP contribution in [0.3, 0.4) is 0 Å². The van der Waals surface area contributed by atoms with Crippen molar-refractivity contribution in [3.63, 3.8) is 0 Å². The number of anilines is 1. The lowest BCUT2D eigenvalue weighted by Crippen LogP contribution is -2.29. The van der Waals surface area contributed by atoms with Crippen LogP contribution in [-0.2, 0) is 14.3 Å². The van der Waals surface area contributed by atoms with Crippen molar-refractivity contribution in [3.8, 4) is 5.75 Å². The highest BCUT2D eigenvalue weighted by atomic mass is 35.5. The molecule has 0 aromatic heterocycles. The number of rotatable bonds is 8. The van der Waals surface area contributed by atoms with Crippen molar-refractivity contribution in [2.24, 2.45) is 0 Å². The van der Waals surface area contributed by atoms with E-state index >= 15 is 0 Å². The predicted molar refractivity (Wildman–Crippen MR) is 125 cm³/mol. The van der Waals surface area contributed by atoms with Crippen LogP contribution < -0.4 is 10.1 Å². The number of methoxy groups -OCH3 is 1. The lowest BCUT2D eigenvalue weighted by molar-refractivity contribution is -0.127. The van der Waals surface area contributed by atoms with E-state index in [1.54, 1.807) is 43.3 Å². The van der Waals surface area contributed by atoms with Crippen molar-refractivity contribution in [2.45, 2.75) is 24.7 Å². The van der Waals surface area contributed by atoms with Crippen molar-refractivity contribution in [2.75, 3.05) is 37.9 Å². The van der Waals surface area contributed by atoms with Gasteiger partial charge in [-0.1, -0.05) is 23.7 Å². The van der Waals surface area contributed by atoms with Gasteiger partial charge in [0.15, 0.2) is 6.61 Å². The van der Waals surface area contributed by atoms with E-state index in [2.05, 4.69) is 5.32 Å². The molecule has 0 unspecified atom stereocenters. The molecule has 7 nitrogen and oxygen atoms in total. The van der Waals surface area contributed by atoms with E-state index < -0.39 is 18.5 Å². The highest BCUT2D eigenvalue weighted by molar-refractivity contribution is 8.00. The molecule has 32 heavy (non-hydrogen) atoms. The molecular formula is C23H25ClN2O5S. The van der Waals surface area contributed by atoms with Crippen LogP contribution in [0.25, 0.3) is 0 Å². The first-order valence-corrected chi connectivity index (χ1v) is 11.6. The molecule has 1 N–H and O–H groups in total. The third kappa shape index (κ3) is 6.17. The molecule has 1 heterocycles. The van der Waals surface area contributed by atoms with Gasteiger partial charge >= 0.3 is 5.97 Å². The van der Waals surface area contributed by atoms with Crippen LogP contribution in [0.2, 0.25) is 5.02 Å². The topological polar surface area (TPSA) is 84.9 Å². The molecule has 1 saturated heterocycles. The van der Waals surface area contributed by atoms with Crippen molar-refractivity contribution < 1.29 is 23.9 Å². The van der Waals surface area contributed by atoms with Crippen molar-refractivity contribution in [3.05, 3.63) is 52.5 Å². The average Bonchev–Trinajstić information content (AvgIpc) is 3.33. The number of nitrogens with one attached hydrogen (secondary N) is 1. The number of aryl methyl sites for hydroxylation is 1. The van der Waals surface area contributed by atoms with E-state index in [0.29, 0.717) is 26.9 Å². The SMILES string of the molecule is COc1cc(Cl)c(C)cc1NC(=O)COC(=O)c1ccccc1SCC(=O)N1CCCC1. The van der Waals surface area contributed by atoms with E-state index in [1.807, 2.05) is 4.90 Å². The zero-order chi connectivity index (χ0) is 23.1. The van der Waals surface area contributed by atoms with Crippen LogP contribution >= 0.6 is 23.4 Å². The molecule has 0 spiro atoms. The summed E-state index contributed by atoms with van der Waals surface area (Å²) in [4.78, 5) is 39.7. The molecule has 0 radical (unpaired) electrons. The highest BCUT2D eigenvalue weighted by Gasteiger charge is 2.20. The normalized spacial score (nSPS) is 13.0. The van der Waals surface area contributed by atoms with E-state index in [9.17, 15) is 14.4 Å². The molecule has 2 aromatic rings. The molecule has 0 atom stereocenters. The molecule has 0 aliphatic carbocycles. The number of nitrogens with zero attached hydrogens (tertiary/aromatic N) is 1. The molecule has 0 bridgehead atoms. The maximum atomic E-state index is 12.6. The largest absolute Gasteiger partial charge is 0.495 e. The fraction of sp³-hybridized carbons (Fsp3) is 0.348. The van der Waals surface area contributed by atoms with Gasteiger partial charge in [0.25, 0.3) is 5.91 Å². The number of hydrogen-bond donors (Lipinski definition) is 1. The molecule has 1 aliphatic heterocycles. The Bertz CT molecular complexity index is 1010. The number of thioether (sulfide) groups is 1. The fourth-order valence-corrected chi connectivity index (χ4v) is 4.38. The molecule has 0 saturated carbocycles. The van der Waals surface area contributed by atoms with Crippen molar-refractivity contribution >= 4 is 46.8 Å². The second-order valence-electron chi connectivity index (χ2n) is 7.30. The van der Waals surface area contributed by atoms with Crippen LogP contribution in [0.15, 0.2) is 41.3 Å². The van der Waals surface area contributed by atoms with Gasteiger partial charge in [0.1, 0.15) is 5.75 Å². The number of hydrogen-bond acceptors (Lipinski definition) is 6. The molecular weight excluding hydrogens is 452 g/mol. The number of ether oxygens (including phenoxy) is 2. The van der Waals surface area contributed by atoms with E-state index in [0.717, 1.165) is 31.5 Å². The summed E-state index contributed by atoms with van der Waals surface area (Å²) in [6.45, 7) is 2.92. The van der Waals surface area contributed by atoms with Crippen LogP contribution in [0.4, 0.5) is 5.69 Å². The van der Waals surface area contributed by atoms with Gasteiger partial charge in [-0.2, -0.15) is 0 Å². The van der Waals surface area contributed by atoms with Gasteiger partial charge in [0, 0.05) is 29.1 Å². The molecule has 170 valence electrons. The Hall–Kier alpha value is -2.71. The lowest BCUT2D eigenvalue weighted by atomic mass is 10.2. The van der Waals surface area contributed by atoms with Crippen LogP contribution in [-0.4, -0.2) is 55.2 Å². The van der Waals surface area contributed by atoms with Gasteiger partial charge in [-0.25, -0.2) is 4.79 Å². The molecule has 2 aromatic carbocycles. The summed E-state index contributed by atoms with van der Waals surface area (Å²) in [6.07, 6.45) is 2.06. The Balaban J connectivity index is 1.57. The monoisotopic (exact) mass is 476 g/mol. The number of likely N-dealkylation sites (tertiary alicyclic amines) is 1. The Labute approximate surface area is 196 Å². The number of carbonyl (C=O) groups excluding carboxylic acids is 3. The minimum absolute atomic E-state index is 0.0576. The summed E-state index contributed by atoms with van der Waals surface area (Å²) < 4.78 is 10.4. The zero-order valence-corrected chi connectivity index (χ0v) is 19.6. The number of halogens is 1. The van der Waals surface area contributed by atoms with Crippen molar-refractivity contribution in [1.82, 2.24) is 4.90 Å². The predicted octanol–water partition coefficient (Wildman–Crippen LogP) is 4.17. The number of carbonyl (C=O) groups is 3. The first kappa shape index (κ1) is 23.9. The highest BCUT2D eigenvalue weighted by Crippen LogP contribution is 2.31. The van der Waals surface area contributed by atoms with E-state index in [1.165, 1.54) is 18.9 Å². The average molecular weight is 477 g/mol. The summed E-state index contributed by atoms with van der Waals surface area (Å²) in [5.41, 5.74) is 1.53. The quantitative estimate of drug-likeness (QED) is 0.454. The second kappa shape index (κ2) is 11.2. The Morgan fingerprint density at radius 1 is 1.16 bits per heavy atom. The Morgan fingerprint density at radius 2 is 1.88 bits per heavy atom. The standard InChI is InChI=1S/C23H25ClN2O5S/c1-15-11-18(19(30-2)12-17(15)24)25-21(27)13-31-23(29)16-7-3-4-8-20(16)32-14-22(28)26-9-5-6-10-26/h3-4,7-8,11-12H,5-6,9-10,13-14H2,1-2H3,(H,25,27). The Kier molecular flexibility index (Phi) is 8.41. The van der Waals surface area contributed by atoms with Gasteiger partial charge in [-0.05, 0) is 43.5 Å². The number of amides is 2. The summed E-state index contributed by atoms with van der Waals surface area (Å²) in [6, 6.07) is 10.2. The zero-order valence-electron chi connectivity index (χ0n) is 18.0. The maximum Gasteiger partial charge on any atom is 0.339 e. The molecule has 2 amide bonds. The smallest absolute Gasteiger partial charge is 0.339 e. The summed E-state index contributed by atoms with van der Waals surface area (Å²) in [7, 11) is 1.47. The molecule has 1 aliphatic rings. The minimum atomic E-state index is -0.629. The third-order valence-corrected chi connectivity index (χ3v) is 6.47. The molecule has 9 heteroatoms. The van der Waals surface area contributed by atoms with Gasteiger partial charge in [-0.3, -0.25) is 9.59 Å². The number of esters is 1. The van der Waals surface area contributed by atoms with Gasteiger partial charge in [0.05, 0.1) is 24.1 Å². The molecule has 1 fully saturated rings. The van der Waals surface area contributed by atoms with Crippen molar-refractivity contribution in [1.29, 1.82) is 0 Å². The Morgan fingerprint density at radius 3 is 2.59 bits per heavy atom. The van der Waals surface area contributed by atoms with Crippen LogP contribution in [0.5, 0.6) is 5.75 Å². The minimum Gasteiger partial charge on any atom is -0.495 e. The summed E-state index contributed by atoms with van der Waals surface area (Å²) >= 11 is 7.37. The van der Waals surface area contributed by atoms with Gasteiger partial charge in [-0.15, -0.1) is 11.8 Å². The van der Waals surface area contributed by atoms with Crippen LogP contribution in [0, 0.1) is 6.92 Å². The maximum absolute atomic E-state index is 12.6. The van der Waals surface area contributed by atoms with E-state index in [4.69, 9.17) is 21.1 Å². The second-order valence-corrected chi connectivity index (χ2v) is 8.72. The van der Waals surface area contributed by atoms with Crippen LogP contribution in [0.1, 0.15) is 28.8 Å². The first-order valence-electron chi connectivity index (χ1n) is 10.2. The third-order valence-electron chi connectivity index (χ3n) is 5.01. The van der Waals surface area contributed by atoms with E-state index in [-0.39, 0.29) is 11.7 Å². The molecule has 3 rings (SSSR count). The van der Waals surface area contributed by atoms with Gasteiger partial charge < -0.3 is 19.7 Å². The fourth-order valence-electron chi connectivity index (χ4n) is 3.28. The lowest BCUT2D eigenvalue weighted by Gasteiger charge is -2.15. The summed E-state index contributed by atoms with van der Waals surface area (Å²) in [5.74, 6) is -0.420. The first-order chi connectivity index (χ1) is 15.4. The number of benzene rings is 2. The van der Waals surface area contributed by atoms with Gasteiger partial charge in [0.2, 0.25) is 5.91 Å². The summed E-state index contributed by atoms with van der Waals surface area (Å²) in [5, 5.41) is 3.18.